The second kappa shape index (κ2) is 7.88. The number of aryl methyl sites for hydroxylation is 2. The van der Waals surface area contributed by atoms with Crippen LogP contribution < -0.4 is 0 Å². The minimum absolute atomic E-state index is 1.17. The zero-order chi connectivity index (χ0) is 12.5. The van der Waals surface area contributed by atoms with Crippen LogP contribution in [0.3, 0.4) is 0 Å². The summed E-state index contributed by atoms with van der Waals surface area (Å²) in [4.78, 5) is 1.49. The average Bonchev–Trinajstić information content (AvgIpc) is 2.92. The fourth-order valence-corrected chi connectivity index (χ4v) is 2.71. The van der Waals surface area contributed by atoms with Crippen molar-refractivity contribution >= 4 is 11.3 Å². The molecule has 2 aromatic rings. The Morgan fingerprint density at radius 1 is 0.833 bits per heavy atom. The van der Waals surface area contributed by atoms with Crippen LogP contribution in [0.1, 0.15) is 29.7 Å². The summed E-state index contributed by atoms with van der Waals surface area (Å²) in [7, 11) is 0. The summed E-state index contributed by atoms with van der Waals surface area (Å²) < 4.78 is 0. The molecular formula is C17H20S. The third-order valence-corrected chi connectivity index (χ3v) is 3.92. The maximum atomic E-state index is 2.33. The molecule has 0 fully saturated rings. The Bertz CT molecular complexity index is 440. The van der Waals surface area contributed by atoms with E-state index in [0.29, 0.717) is 0 Å². The summed E-state index contributed by atoms with van der Waals surface area (Å²) in [5.41, 5.74) is 1.45. The van der Waals surface area contributed by atoms with Gasteiger partial charge >= 0.3 is 0 Å². The average molecular weight is 256 g/mol. The standard InChI is InChI=1S/C17H20S/c1(3-8-13-17-14-9-15-18-17)2-5-10-16-11-6-4-7-12-16/h1,3-4,6-7,9,11-12,14-15H,2,5,8,10,13H2. The predicted octanol–water partition coefficient (Wildman–Crippen LogP) is 5.26. The van der Waals surface area contributed by atoms with Gasteiger partial charge in [0, 0.05) is 4.88 Å². The minimum Gasteiger partial charge on any atom is -0.149 e. The van der Waals surface area contributed by atoms with Gasteiger partial charge in [0.1, 0.15) is 0 Å². The molecule has 0 aliphatic carbocycles. The third-order valence-electron chi connectivity index (χ3n) is 2.98. The summed E-state index contributed by atoms with van der Waals surface area (Å²) in [5.74, 6) is 0. The van der Waals surface area contributed by atoms with Gasteiger partial charge in [0.2, 0.25) is 0 Å². The van der Waals surface area contributed by atoms with E-state index in [9.17, 15) is 0 Å². The van der Waals surface area contributed by atoms with Crippen LogP contribution in [0, 0.1) is 0 Å². The Hall–Kier alpha value is -1.34. The molecule has 18 heavy (non-hydrogen) atoms. The van der Waals surface area contributed by atoms with Crippen LogP contribution in [0.4, 0.5) is 0 Å². The van der Waals surface area contributed by atoms with Crippen molar-refractivity contribution in [3.8, 4) is 0 Å². The first-order valence-corrected chi connectivity index (χ1v) is 7.54. The van der Waals surface area contributed by atoms with Gasteiger partial charge in [0.15, 0.2) is 0 Å². The topological polar surface area (TPSA) is 0 Å². The number of rotatable bonds is 7. The molecule has 0 saturated carbocycles. The summed E-state index contributed by atoms with van der Waals surface area (Å²) in [6, 6.07) is 15.1. The van der Waals surface area contributed by atoms with Crippen molar-refractivity contribution in [2.75, 3.05) is 0 Å². The van der Waals surface area contributed by atoms with Gasteiger partial charge in [-0.15, -0.1) is 11.3 Å². The van der Waals surface area contributed by atoms with Crippen LogP contribution >= 0.6 is 11.3 Å². The van der Waals surface area contributed by atoms with E-state index in [1.165, 1.54) is 42.5 Å². The molecule has 0 amide bonds. The predicted molar refractivity (Wildman–Crippen MR) is 81.2 cm³/mol. The fraction of sp³-hybridized carbons (Fsp3) is 0.294. The van der Waals surface area contributed by atoms with Gasteiger partial charge in [-0.2, -0.15) is 0 Å². The van der Waals surface area contributed by atoms with Crippen molar-refractivity contribution in [3.63, 3.8) is 0 Å². The number of hydrogen-bond acceptors (Lipinski definition) is 1. The maximum Gasteiger partial charge on any atom is 0.00482 e. The zero-order valence-corrected chi connectivity index (χ0v) is 11.5. The van der Waals surface area contributed by atoms with Crippen molar-refractivity contribution in [2.24, 2.45) is 0 Å². The highest BCUT2D eigenvalue weighted by Crippen LogP contribution is 2.11. The van der Waals surface area contributed by atoms with Gasteiger partial charge in [-0.25, -0.2) is 0 Å². The summed E-state index contributed by atoms with van der Waals surface area (Å²) in [5, 5.41) is 2.15. The highest BCUT2D eigenvalue weighted by atomic mass is 32.1. The number of unbranched alkanes of at least 4 members (excludes halogenated alkanes) is 1. The Labute approximate surface area is 114 Å². The van der Waals surface area contributed by atoms with E-state index >= 15 is 0 Å². The SMILES string of the molecule is C(=CCCc1cccs1)CCCc1ccccc1. The van der Waals surface area contributed by atoms with Crippen molar-refractivity contribution in [2.45, 2.75) is 32.1 Å². The monoisotopic (exact) mass is 256 g/mol. The minimum atomic E-state index is 1.17. The quantitative estimate of drug-likeness (QED) is 0.468. The zero-order valence-electron chi connectivity index (χ0n) is 10.7. The highest BCUT2D eigenvalue weighted by Gasteiger charge is 1.91. The smallest absolute Gasteiger partial charge is 0.00482 e. The summed E-state index contributed by atoms with van der Waals surface area (Å²) >= 11 is 1.85. The molecule has 1 aromatic carbocycles. The molecule has 0 saturated heterocycles. The van der Waals surface area contributed by atoms with Gasteiger partial charge in [0.05, 0.1) is 0 Å². The lowest BCUT2D eigenvalue weighted by Crippen LogP contribution is -1.83. The van der Waals surface area contributed by atoms with Crippen molar-refractivity contribution in [1.82, 2.24) is 0 Å². The van der Waals surface area contributed by atoms with Crippen LogP contribution in [0.2, 0.25) is 0 Å². The second-order valence-corrected chi connectivity index (χ2v) is 5.50. The maximum absolute atomic E-state index is 2.33. The van der Waals surface area contributed by atoms with Gasteiger partial charge in [0.25, 0.3) is 0 Å². The Balaban J connectivity index is 1.55. The molecule has 0 N–H and O–H groups in total. The first kappa shape index (κ1) is 13.1. The Morgan fingerprint density at radius 3 is 2.44 bits per heavy atom. The molecule has 1 heterocycles. The lowest BCUT2D eigenvalue weighted by atomic mass is 10.1. The van der Waals surface area contributed by atoms with Crippen LogP contribution in [0.25, 0.3) is 0 Å². The molecule has 0 bridgehead atoms. The van der Waals surface area contributed by atoms with Gasteiger partial charge in [-0.3, -0.25) is 0 Å². The molecule has 0 aliphatic heterocycles. The van der Waals surface area contributed by atoms with E-state index in [0.717, 1.165) is 0 Å². The fourth-order valence-electron chi connectivity index (χ4n) is 1.98. The van der Waals surface area contributed by atoms with E-state index in [4.69, 9.17) is 0 Å². The molecule has 0 atom stereocenters. The van der Waals surface area contributed by atoms with E-state index in [1.54, 1.807) is 0 Å². The Morgan fingerprint density at radius 2 is 1.67 bits per heavy atom. The second-order valence-electron chi connectivity index (χ2n) is 4.47. The van der Waals surface area contributed by atoms with Crippen LogP contribution in [0.5, 0.6) is 0 Å². The Kier molecular flexibility index (Phi) is 5.74. The van der Waals surface area contributed by atoms with Crippen LogP contribution in [0.15, 0.2) is 60.0 Å². The molecule has 2 rings (SSSR count). The van der Waals surface area contributed by atoms with Crippen molar-refractivity contribution in [3.05, 3.63) is 70.4 Å². The molecule has 0 unspecified atom stereocenters. The highest BCUT2D eigenvalue weighted by molar-refractivity contribution is 7.09. The van der Waals surface area contributed by atoms with Crippen LogP contribution in [-0.4, -0.2) is 0 Å². The molecule has 1 heteroatoms. The number of hydrogen-bond donors (Lipinski definition) is 0. The van der Waals surface area contributed by atoms with Crippen molar-refractivity contribution < 1.29 is 0 Å². The number of thiophene rings is 1. The van der Waals surface area contributed by atoms with Crippen LogP contribution in [-0.2, 0) is 12.8 Å². The van der Waals surface area contributed by atoms with E-state index in [2.05, 4.69) is 60.0 Å². The lowest BCUT2D eigenvalue weighted by Gasteiger charge is -1.98. The molecular weight excluding hydrogens is 236 g/mol. The number of benzene rings is 1. The molecule has 0 aliphatic rings. The van der Waals surface area contributed by atoms with E-state index in [-0.39, 0.29) is 0 Å². The third kappa shape index (κ3) is 4.89. The molecule has 94 valence electrons. The molecule has 0 radical (unpaired) electrons. The summed E-state index contributed by atoms with van der Waals surface area (Å²) in [6.07, 6.45) is 10.6. The van der Waals surface area contributed by atoms with Gasteiger partial charge in [-0.05, 0) is 49.1 Å². The number of allylic oxidation sites excluding steroid dienone is 2. The van der Waals surface area contributed by atoms with E-state index in [1.807, 2.05) is 11.3 Å². The molecule has 0 nitrogen and oxygen atoms in total. The molecule has 1 aromatic heterocycles. The molecule has 0 spiro atoms. The first-order valence-electron chi connectivity index (χ1n) is 6.66. The lowest BCUT2D eigenvalue weighted by molar-refractivity contribution is 0.838. The van der Waals surface area contributed by atoms with Gasteiger partial charge < -0.3 is 0 Å². The van der Waals surface area contributed by atoms with Gasteiger partial charge in [-0.1, -0.05) is 48.6 Å². The largest absolute Gasteiger partial charge is 0.149 e. The normalized spacial score (nSPS) is 11.1. The van der Waals surface area contributed by atoms with E-state index < -0.39 is 0 Å². The van der Waals surface area contributed by atoms with Crippen molar-refractivity contribution in [1.29, 1.82) is 0 Å². The first-order chi connectivity index (χ1) is 8.95. The summed E-state index contributed by atoms with van der Waals surface area (Å²) in [6.45, 7) is 0.